The van der Waals surface area contributed by atoms with Crippen molar-refractivity contribution in [2.45, 2.75) is 92.1 Å². The first kappa shape index (κ1) is 29.9. The molecule has 15 atom stereocenters. The number of hydrogen-bond acceptors (Lipinski definition) is 16. The normalized spacial score (nSPS) is 50.2. The average molecular weight is 532 g/mol. The van der Waals surface area contributed by atoms with Crippen LogP contribution in [0.5, 0.6) is 0 Å². The van der Waals surface area contributed by atoms with Crippen LogP contribution in [0.3, 0.4) is 0 Å². The molecule has 0 spiro atoms. The lowest BCUT2D eigenvalue weighted by Gasteiger charge is -2.48. The van der Waals surface area contributed by atoms with Gasteiger partial charge in [0.2, 0.25) is 0 Å². The van der Waals surface area contributed by atoms with Gasteiger partial charge in [0, 0.05) is 14.2 Å². The zero-order valence-electron chi connectivity index (χ0n) is 19.7. The van der Waals surface area contributed by atoms with Gasteiger partial charge in [-0.05, 0) is 0 Å². The van der Waals surface area contributed by atoms with E-state index in [0.29, 0.717) is 0 Å². The second kappa shape index (κ2) is 12.9. The molecule has 9 N–H and O–H groups in total. The van der Waals surface area contributed by atoms with Crippen molar-refractivity contribution in [3.63, 3.8) is 0 Å². The average Bonchev–Trinajstić information content (AvgIpc) is 2.88. The Labute approximate surface area is 206 Å². The summed E-state index contributed by atoms with van der Waals surface area (Å²) in [5.41, 5.74) is 0. The summed E-state index contributed by atoms with van der Waals surface area (Å²) < 4.78 is 37.3. The molecular formula is C20H36O16. The maximum Gasteiger partial charge on any atom is 0.187 e. The molecule has 3 heterocycles. The highest BCUT2D eigenvalue weighted by Gasteiger charge is 2.53. The molecule has 16 nitrogen and oxygen atoms in total. The van der Waals surface area contributed by atoms with Crippen LogP contribution in [0.2, 0.25) is 0 Å². The van der Waals surface area contributed by atoms with Crippen molar-refractivity contribution >= 4 is 0 Å². The van der Waals surface area contributed by atoms with Gasteiger partial charge >= 0.3 is 0 Å². The summed E-state index contributed by atoms with van der Waals surface area (Å²) in [5.74, 6) is 0. The van der Waals surface area contributed by atoms with E-state index in [9.17, 15) is 46.0 Å². The summed E-state index contributed by atoms with van der Waals surface area (Å²) in [6, 6.07) is 0. The molecule has 3 aliphatic heterocycles. The molecule has 3 aliphatic rings. The largest absolute Gasteiger partial charge is 0.394 e. The first-order chi connectivity index (χ1) is 17.1. The highest BCUT2D eigenvalue weighted by atomic mass is 16.8. The number of methoxy groups -OCH3 is 2. The lowest BCUT2D eigenvalue weighted by Crippen LogP contribution is -2.66. The van der Waals surface area contributed by atoms with Crippen molar-refractivity contribution in [1.29, 1.82) is 0 Å². The van der Waals surface area contributed by atoms with Gasteiger partial charge in [-0.25, -0.2) is 0 Å². The zero-order chi connectivity index (χ0) is 26.7. The summed E-state index contributed by atoms with van der Waals surface area (Å²) >= 11 is 0. The molecule has 0 aromatic heterocycles. The Kier molecular flexibility index (Phi) is 10.8. The van der Waals surface area contributed by atoms with Crippen LogP contribution >= 0.6 is 0 Å². The highest BCUT2D eigenvalue weighted by Crippen LogP contribution is 2.32. The molecule has 3 saturated heterocycles. The Morgan fingerprint density at radius 1 is 0.472 bits per heavy atom. The second-order valence-corrected chi connectivity index (χ2v) is 8.76. The van der Waals surface area contributed by atoms with Crippen molar-refractivity contribution in [1.82, 2.24) is 0 Å². The first-order valence-corrected chi connectivity index (χ1v) is 11.4. The van der Waals surface area contributed by atoms with Crippen LogP contribution in [0, 0.1) is 0 Å². The van der Waals surface area contributed by atoms with Crippen LogP contribution in [-0.4, -0.2) is 172 Å². The molecule has 212 valence electrons. The third-order valence-corrected chi connectivity index (χ3v) is 6.55. The minimum Gasteiger partial charge on any atom is -0.394 e. The van der Waals surface area contributed by atoms with E-state index in [2.05, 4.69) is 0 Å². The van der Waals surface area contributed by atoms with Gasteiger partial charge in [0.1, 0.15) is 73.2 Å². The summed E-state index contributed by atoms with van der Waals surface area (Å²) in [7, 11) is 2.46. The van der Waals surface area contributed by atoms with E-state index in [1.54, 1.807) is 0 Å². The highest BCUT2D eigenvalue weighted by molar-refractivity contribution is 4.96. The summed E-state index contributed by atoms with van der Waals surface area (Å²) in [6.07, 6.45) is -22.4. The predicted molar refractivity (Wildman–Crippen MR) is 111 cm³/mol. The van der Waals surface area contributed by atoms with Crippen molar-refractivity contribution in [2.24, 2.45) is 0 Å². The molecule has 0 bridgehead atoms. The minimum absolute atomic E-state index is 0.596. The van der Waals surface area contributed by atoms with E-state index in [-0.39, 0.29) is 0 Å². The van der Waals surface area contributed by atoms with Crippen LogP contribution < -0.4 is 0 Å². The van der Waals surface area contributed by atoms with E-state index in [1.807, 2.05) is 0 Å². The van der Waals surface area contributed by atoms with Gasteiger partial charge in [0.15, 0.2) is 18.9 Å². The van der Waals surface area contributed by atoms with Crippen molar-refractivity contribution in [3.05, 3.63) is 0 Å². The zero-order valence-corrected chi connectivity index (χ0v) is 19.7. The van der Waals surface area contributed by atoms with Crippen LogP contribution in [0.1, 0.15) is 0 Å². The Balaban J connectivity index is 1.72. The minimum atomic E-state index is -1.85. The van der Waals surface area contributed by atoms with E-state index in [4.69, 9.17) is 33.2 Å². The molecule has 0 saturated carbocycles. The van der Waals surface area contributed by atoms with Gasteiger partial charge < -0.3 is 79.1 Å². The fraction of sp³-hybridized carbons (Fsp3) is 1.00. The maximum absolute atomic E-state index is 10.7. The van der Waals surface area contributed by atoms with Gasteiger partial charge in [-0.3, -0.25) is 0 Å². The van der Waals surface area contributed by atoms with Gasteiger partial charge in [-0.2, -0.15) is 0 Å². The molecule has 36 heavy (non-hydrogen) atoms. The molecule has 3 fully saturated rings. The fourth-order valence-electron chi connectivity index (χ4n) is 4.51. The molecule has 0 amide bonds. The number of rotatable bonds is 9. The quantitative estimate of drug-likeness (QED) is 0.134. The van der Waals surface area contributed by atoms with Gasteiger partial charge in [-0.15, -0.1) is 0 Å². The molecule has 3 rings (SSSR count). The van der Waals surface area contributed by atoms with Crippen molar-refractivity contribution in [3.8, 4) is 0 Å². The van der Waals surface area contributed by atoms with E-state index in [0.717, 1.165) is 0 Å². The Morgan fingerprint density at radius 2 is 0.806 bits per heavy atom. The molecule has 0 aromatic carbocycles. The summed E-state index contributed by atoms with van der Waals surface area (Å²) in [6.45, 7) is -2.03. The van der Waals surface area contributed by atoms with Crippen molar-refractivity contribution in [2.75, 3.05) is 34.0 Å². The Bertz CT molecular complexity index is 666. The van der Waals surface area contributed by atoms with Crippen LogP contribution in [0.4, 0.5) is 0 Å². The standard InChI is InChI=1S/C20H36O16/c1-30-15-6(3-21)33-19(13(28)9(15)24)36-17-8(5-23)34-20(14(29)11(17)26)35-16-7(4-22)32-18(31-2)12(27)10(16)25/h6-29H,3-5H2,1-2H3/t6?,7?,8?,9-,10-,11-,12?,13?,14?,15+,16+,17+,18-,19+,20+/m1/s1. The molecule has 16 heteroatoms. The van der Waals surface area contributed by atoms with Gasteiger partial charge in [0.05, 0.1) is 19.8 Å². The van der Waals surface area contributed by atoms with Crippen molar-refractivity contribution < 1.29 is 79.1 Å². The SMILES string of the molecule is CO[C@@H]1OC(CO)[C@H](O[C@@H]2OC(CO)[C@H](O[C@@H]3OC(CO)[C@H](OC)[C@H](O)C3O)[C@H](O)C2O)[C@H](O)C1O. The first-order valence-electron chi connectivity index (χ1n) is 11.4. The number of hydrogen-bond donors (Lipinski definition) is 9. The summed E-state index contributed by atoms with van der Waals surface area (Å²) in [5, 5.41) is 91.6. The maximum atomic E-state index is 10.7. The van der Waals surface area contributed by atoms with E-state index in [1.165, 1.54) is 14.2 Å². The van der Waals surface area contributed by atoms with E-state index >= 15 is 0 Å². The van der Waals surface area contributed by atoms with Gasteiger partial charge in [-0.1, -0.05) is 0 Å². The van der Waals surface area contributed by atoms with Crippen LogP contribution in [-0.2, 0) is 33.2 Å². The molecular weight excluding hydrogens is 496 g/mol. The molecule has 0 aliphatic carbocycles. The third kappa shape index (κ3) is 5.84. The number of ether oxygens (including phenoxy) is 7. The molecule has 0 radical (unpaired) electrons. The van der Waals surface area contributed by atoms with E-state index < -0.39 is 112 Å². The van der Waals surface area contributed by atoms with Crippen LogP contribution in [0.15, 0.2) is 0 Å². The number of aliphatic hydroxyl groups excluding tert-OH is 9. The lowest BCUT2D eigenvalue weighted by molar-refractivity contribution is -0.379. The third-order valence-electron chi connectivity index (χ3n) is 6.55. The monoisotopic (exact) mass is 532 g/mol. The summed E-state index contributed by atoms with van der Waals surface area (Å²) in [4.78, 5) is 0. The number of aliphatic hydroxyl groups is 9. The van der Waals surface area contributed by atoms with Crippen LogP contribution in [0.25, 0.3) is 0 Å². The van der Waals surface area contributed by atoms with Gasteiger partial charge in [0.25, 0.3) is 0 Å². The molecule has 6 unspecified atom stereocenters. The lowest BCUT2D eigenvalue weighted by atomic mass is 9.96. The molecule has 0 aromatic rings. The Morgan fingerprint density at radius 3 is 1.17 bits per heavy atom. The topological polar surface area (TPSA) is 247 Å². The second-order valence-electron chi connectivity index (χ2n) is 8.76. The smallest absolute Gasteiger partial charge is 0.187 e. The Hall–Kier alpha value is -0.640. The fourth-order valence-corrected chi connectivity index (χ4v) is 4.51. The predicted octanol–water partition coefficient (Wildman–Crippen LogP) is -6.26.